The van der Waals surface area contributed by atoms with E-state index in [-0.39, 0.29) is 31.4 Å². The zero-order valence-corrected chi connectivity index (χ0v) is 20.8. The van der Waals surface area contributed by atoms with Gasteiger partial charge in [-0.25, -0.2) is 19.0 Å². The highest BCUT2D eigenvalue weighted by Crippen LogP contribution is 2.19. The van der Waals surface area contributed by atoms with Crippen molar-refractivity contribution in [1.29, 1.82) is 0 Å². The van der Waals surface area contributed by atoms with Gasteiger partial charge in [-0.15, -0.1) is 0 Å². The van der Waals surface area contributed by atoms with Crippen molar-refractivity contribution in [2.75, 3.05) is 38.8 Å². The lowest BCUT2D eigenvalue weighted by molar-refractivity contribution is -0.0154. The topological polar surface area (TPSA) is 133 Å². The van der Waals surface area contributed by atoms with E-state index < -0.39 is 36.7 Å². The lowest BCUT2D eigenvalue weighted by atomic mass is 10.2. The van der Waals surface area contributed by atoms with Gasteiger partial charge in [-0.1, -0.05) is 48.0 Å². The number of rotatable bonds is 11. The SMILES string of the molecule is CN(C(=O)NCc1cccc(F)c1Cl)[C@@H](COC[C@@H](O)CO)COC(=O)Nc1cc2ccccc2cn1. The molecular formula is C25H28ClFN4O6. The van der Waals surface area contributed by atoms with E-state index in [4.69, 9.17) is 26.2 Å². The Bertz CT molecular complexity index is 1220. The Balaban J connectivity index is 1.59. The van der Waals surface area contributed by atoms with Gasteiger partial charge in [0.1, 0.15) is 24.3 Å². The molecule has 3 rings (SSSR count). The second-order valence-corrected chi connectivity index (χ2v) is 8.53. The van der Waals surface area contributed by atoms with Gasteiger partial charge in [-0.3, -0.25) is 5.32 Å². The molecule has 2 aromatic carbocycles. The molecule has 37 heavy (non-hydrogen) atoms. The van der Waals surface area contributed by atoms with E-state index in [2.05, 4.69) is 15.6 Å². The molecule has 0 spiro atoms. The van der Waals surface area contributed by atoms with Crippen LogP contribution >= 0.6 is 11.6 Å². The standard InChI is InChI=1S/C25H28ClFN4O6/c1-31(24(34)29-11-18-7-4-8-21(27)23(18)26)19(13-36-15-20(33)12-32)14-37-25(35)30-22-9-16-5-2-3-6-17(16)10-28-22/h2-10,19-20,32-33H,11-15H2,1H3,(H,29,34)(H,28,30,35)/t19-,20-/m0/s1. The van der Waals surface area contributed by atoms with Crippen molar-refractivity contribution in [3.63, 3.8) is 0 Å². The van der Waals surface area contributed by atoms with Gasteiger partial charge in [0.15, 0.2) is 0 Å². The summed E-state index contributed by atoms with van der Waals surface area (Å²) in [4.78, 5) is 30.6. The van der Waals surface area contributed by atoms with Gasteiger partial charge in [-0.2, -0.15) is 0 Å². The van der Waals surface area contributed by atoms with Gasteiger partial charge in [0.05, 0.1) is 30.9 Å². The minimum absolute atomic E-state index is 0.0362. The molecule has 4 N–H and O–H groups in total. The molecular weight excluding hydrogens is 507 g/mol. The van der Waals surface area contributed by atoms with Crippen molar-refractivity contribution in [3.05, 3.63) is 71.1 Å². The number of carbonyl (C=O) groups excluding carboxylic acids is 2. The van der Waals surface area contributed by atoms with Gasteiger partial charge in [0.2, 0.25) is 0 Å². The maximum atomic E-state index is 13.7. The molecule has 12 heteroatoms. The van der Waals surface area contributed by atoms with E-state index in [1.54, 1.807) is 18.3 Å². The molecule has 2 atom stereocenters. The quantitative estimate of drug-likeness (QED) is 0.297. The second-order valence-electron chi connectivity index (χ2n) is 8.15. The van der Waals surface area contributed by atoms with E-state index in [0.29, 0.717) is 11.4 Å². The van der Waals surface area contributed by atoms with Crippen molar-refractivity contribution >= 4 is 40.3 Å². The summed E-state index contributed by atoms with van der Waals surface area (Å²) in [7, 11) is 1.46. The number of aromatic nitrogens is 1. The van der Waals surface area contributed by atoms with Crippen LogP contribution in [-0.4, -0.2) is 77.8 Å². The van der Waals surface area contributed by atoms with Crippen LogP contribution in [0.15, 0.2) is 54.7 Å². The number of aliphatic hydroxyl groups excluding tert-OH is 2. The van der Waals surface area contributed by atoms with Crippen LogP contribution in [0.1, 0.15) is 5.56 Å². The van der Waals surface area contributed by atoms with Crippen molar-refractivity contribution in [2.45, 2.75) is 18.7 Å². The number of fused-ring (bicyclic) bond motifs is 1. The molecule has 1 heterocycles. The number of ether oxygens (including phenoxy) is 2. The van der Waals surface area contributed by atoms with Crippen LogP contribution in [0.4, 0.5) is 19.8 Å². The Labute approximate surface area is 218 Å². The number of hydrogen-bond donors (Lipinski definition) is 4. The summed E-state index contributed by atoms with van der Waals surface area (Å²) in [5, 5.41) is 25.4. The molecule has 1 aromatic heterocycles. The number of urea groups is 1. The van der Waals surface area contributed by atoms with Crippen LogP contribution in [0, 0.1) is 5.82 Å². The third-order valence-corrected chi connectivity index (χ3v) is 5.85. The number of benzene rings is 2. The summed E-state index contributed by atoms with van der Waals surface area (Å²) in [6.07, 6.45) is -0.265. The predicted molar refractivity (Wildman–Crippen MR) is 136 cm³/mol. The molecule has 0 saturated heterocycles. The highest BCUT2D eigenvalue weighted by atomic mass is 35.5. The van der Waals surface area contributed by atoms with Crippen LogP contribution in [0.3, 0.4) is 0 Å². The molecule has 0 fully saturated rings. The smallest absolute Gasteiger partial charge is 0.412 e. The maximum absolute atomic E-state index is 13.7. The number of halogens is 2. The second kappa shape index (κ2) is 13.7. The third kappa shape index (κ3) is 8.25. The highest BCUT2D eigenvalue weighted by molar-refractivity contribution is 6.31. The first-order valence-corrected chi connectivity index (χ1v) is 11.7. The third-order valence-electron chi connectivity index (χ3n) is 5.43. The molecule has 0 aliphatic heterocycles. The van der Waals surface area contributed by atoms with Gasteiger partial charge >= 0.3 is 12.1 Å². The fourth-order valence-electron chi connectivity index (χ4n) is 3.28. The summed E-state index contributed by atoms with van der Waals surface area (Å²) in [6, 6.07) is 12.2. The number of aliphatic hydroxyl groups is 2. The summed E-state index contributed by atoms with van der Waals surface area (Å²) >= 11 is 5.94. The van der Waals surface area contributed by atoms with Gasteiger partial charge < -0.3 is 29.9 Å². The zero-order chi connectivity index (χ0) is 26.8. The monoisotopic (exact) mass is 534 g/mol. The van der Waals surface area contributed by atoms with Crippen LogP contribution in [0.5, 0.6) is 0 Å². The Morgan fingerprint density at radius 1 is 1.14 bits per heavy atom. The summed E-state index contributed by atoms with van der Waals surface area (Å²) in [5.41, 5.74) is 0.390. The molecule has 0 aliphatic rings. The Hall–Kier alpha value is -3.51. The first kappa shape index (κ1) is 28.1. The molecule has 0 aliphatic carbocycles. The number of carbonyl (C=O) groups is 2. The van der Waals surface area contributed by atoms with Crippen molar-refractivity contribution in [3.8, 4) is 0 Å². The number of nitrogens with one attached hydrogen (secondary N) is 2. The number of hydrogen-bond acceptors (Lipinski definition) is 7. The van der Waals surface area contributed by atoms with E-state index in [9.17, 15) is 19.1 Å². The van der Waals surface area contributed by atoms with Crippen LogP contribution in [0.2, 0.25) is 5.02 Å². The number of pyridine rings is 1. The first-order valence-electron chi connectivity index (χ1n) is 11.4. The molecule has 0 radical (unpaired) electrons. The Morgan fingerprint density at radius 2 is 1.89 bits per heavy atom. The molecule has 0 unspecified atom stereocenters. The van der Waals surface area contributed by atoms with Crippen molar-refractivity contribution in [1.82, 2.24) is 15.2 Å². The zero-order valence-electron chi connectivity index (χ0n) is 20.1. The molecule has 3 amide bonds. The van der Waals surface area contributed by atoms with Gasteiger partial charge in [-0.05, 0) is 23.1 Å². The van der Waals surface area contributed by atoms with Gasteiger partial charge in [0.25, 0.3) is 0 Å². The van der Waals surface area contributed by atoms with E-state index >= 15 is 0 Å². The molecule has 198 valence electrons. The number of likely N-dealkylation sites (N-methyl/N-ethyl adjacent to an activating group) is 1. The van der Waals surface area contributed by atoms with Crippen LogP contribution in [-0.2, 0) is 16.0 Å². The van der Waals surface area contributed by atoms with Crippen molar-refractivity contribution < 1.29 is 33.7 Å². The molecule has 0 saturated carbocycles. The van der Waals surface area contributed by atoms with Crippen molar-refractivity contribution in [2.24, 2.45) is 0 Å². The lowest BCUT2D eigenvalue weighted by Gasteiger charge is -2.28. The number of nitrogens with zero attached hydrogens (tertiary/aromatic N) is 2. The minimum Gasteiger partial charge on any atom is -0.447 e. The molecule has 10 nitrogen and oxygen atoms in total. The van der Waals surface area contributed by atoms with E-state index in [1.165, 1.54) is 24.1 Å². The average molecular weight is 535 g/mol. The summed E-state index contributed by atoms with van der Waals surface area (Å²) < 4.78 is 24.4. The van der Waals surface area contributed by atoms with Crippen LogP contribution < -0.4 is 10.6 Å². The molecule has 3 aromatic rings. The average Bonchev–Trinajstić information content (AvgIpc) is 2.90. The number of anilines is 1. The van der Waals surface area contributed by atoms with Crippen LogP contribution in [0.25, 0.3) is 10.8 Å². The largest absolute Gasteiger partial charge is 0.447 e. The normalized spacial score (nSPS) is 12.6. The Morgan fingerprint density at radius 3 is 2.65 bits per heavy atom. The highest BCUT2D eigenvalue weighted by Gasteiger charge is 2.23. The summed E-state index contributed by atoms with van der Waals surface area (Å²) in [5.74, 6) is -0.309. The maximum Gasteiger partial charge on any atom is 0.412 e. The Kier molecular flexibility index (Phi) is 10.4. The lowest BCUT2D eigenvalue weighted by Crippen LogP contribution is -2.48. The first-order chi connectivity index (χ1) is 17.8. The predicted octanol–water partition coefficient (Wildman–Crippen LogP) is 3.16. The fraction of sp³-hybridized carbons (Fsp3) is 0.320. The number of amides is 3. The fourth-order valence-corrected chi connectivity index (χ4v) is 3.47. The van der Waals surface area contributed by atoms with E-state index in [0.717, 1.165) is 10.8 Å². The van der Waals surface area contributed by atoms with Gasteiger partial charge in [0, 0.05) is 25.2 Å². The van der Waals surface area contributed by atoms with E-state index in [1.807, 2.05) is 24.3 Å². The molecule has 0 bridgehead atoms. The summed E-state index contributed by atoms with van der Waals surface area (Å²) in [6.45, 7) is -1.07. The minimum atomic E-state index is -1.10.